The molecule has 2 aromatic heterocycles. The number of hydrogen-bond donors (Lipinski definition) is 2. The summed E-state index contributed by atoms with van der Waals surface area (Å²) < 4.78 is 49.5. The van der Waals surface area contributed by atoms with Crippen molar-refractivity contribution >= 4 is 39.0 Å². The lowest BCUT2D eigenvalue weighted by Gasteiger charge is -2.17. The fourth-order valence-corrected chi connectivity index (χ4v) is 3.56. The predicted molar refractivity (Wildman–Crippen MR) is 102 cm³/mol. The van der Waals surface area contributed by atoms with E-state index in [1.165, 1.54) is 12.1 Å². The van der Waals surface area contributed by atoms with Crippen LogP contribution in [0.5, 0.6) is 0 Å². The van der Waals surface area contributed by atoms with Crippen molar-refractivity contribution in [3.8, 4) is 11.1 Å². The van der Waals surface area contributed by atoms with E-state index in [-0.39, 0.29) is 11.7 Å². The summed E-state index contributed by atoms with van der Waals surface area (Å²) in [6, 6.07) is 9.85. The number of H-pyrrole nitrogens is 1. The maximum atomic E-state index is 12.5. The van der Waals surface area contributed by atoms with E-state index in [0.717, 1.165) is 35.8 Å². The van der Waals surface area contributed by atoms with Gasteiger partial charge in [0, 0.05) is 23.3 Å². The molecule has 28 heavy (non-hydrogen) atoms. The van der Waals surface area contributed by atoms with Gasteiger partial charge in [-0.1, -0.05) is 12.1 Å². The van der Waals surface area contributed by atoms with E-state index in [1.807, 2.05) is 10.8 Å². The highest BCUT2D eigenvalue weighted by Gasteiger charge is 2.30. The molecule has 1 aliphatic carbocycles. The number of amides is 1. The number of carbonyl (C=O) groups is 1. The second-order valence-electron chi connectivity index (χ2n) is 6.50. The Morgan fingerprint density at radius 2 is 1.93 bits per heavy atom. The van der Waals surface area contributed by atoms with Crippen molar-refractivity contribution < 1.29 is 22.0 Å². The molecule has 10 heteroatoms. The lowest BCUT2D eigenvalue weighted by Crippen LogP contribution is -2.24. The summed E-state index contributed by atoms with van der Waals surface area (Å²) in [6.45, 7) is 0. The molecule has 1 aliphatic rings. The number of aromatic nitrogens is 2. The molecule has 4 rings (SSSR count). The molecule has 146 valence electrons. The average Bonchev–Trinajstić information content (AvgIpc) is 3.38. The van der Waals surface area contributed by atoms with Crippen molar-refractivity contribution in [2.75, 3.05) is 9.62 Å². The highest BCUT2D eigenvalue weighted by Crippen LogP contribution is 2.35. The highest BCUT2D eigenvalue weighted by molar-refractivity contribution is 7.93. The zero-order valence-electron chi connectivity index (χ0n) is 14.5. The Balaban J connectivity index is 1.72. The van der Waals surface area contributed by atoms with Gasteiger partial charge in [-0.3, -0.25) is 14.4 Å². The standard InChI is InChI=1S/C18H16F2N4O3S/c19-18(20)28(26,27)23-12-3-1-11(2-4-12)15-9-16(24(10-25)13-5-6-13)22-17-14(15)7-8-21-17/h1-4,7-10,13,18,23H,5-6H2,(H,21,22). The Labute approximate surface area is 159 Å². The molecule has 0 bridgehead atoms. The van der Waals surface area contributed by atoms with Crippen molar-refractivity contribution in [2.45, 2.75) is 24.6 Å². The largest absolute Gasteiger partial charge is 0.355 e. The zero-order valence-corrected chi connectivity index (χ0v) is 15.3. The van der Waals surface area contributed by atoms with Crippen LogP contribution in [0, 0.1) is 0 Å². The molecular formula is C18H16F2N4O3S. The van der Waals surface area contributed by atoms with Crippen LogP contribution in [-0.2, 0) is 14.8 Å². The van der Waals surface area contributed by atoms with Crippen LogP contribution < -0.4 is 9.62 Å². The third-order valence-electron chi connectivity index (χ3n) is 4.52. The van der Waals surface area contributed by atoms with Crippen LogP contribution >= 0.6 is 0 Å². The van der Waals surface area contributed by atoms with E-state index < -0.39 is 15.8 Å². The van der Waals surface area contributed by atoms with Gasteiger partial charge in [-0.15, -0.1) is 0 Å². The van der Waals surface area contributed by atoms with Crippen molar-refractivity contribution in [2.24, 2.45) is 0 Å². The normalized spacial score (nSPS) is 14.4. The number of benzene rings is 1. The minimum absolute atomic E-state index is 0.0381. The average molecular weight is 406 g/mol. The number of anilines is 2. The highest BCUT2D eigenvalue weighted by atomic mass is 32.2. The molecule has 2 N–H and O–H groups in total. The zero-order chi connectivity index (χ0) is 19.9. The van der Waals surface area contributed by atoms with Gasteiger partial charge in [-0.25, -0.2) is 13.4 Å². The maximum Gasteiger partial charge on any atom is 0.355 e. The number of halogens is 2. The first-order valence-corrected chi connectivity index (χ1v) is 10.1. The van der Waals surface area contributed by atoms with Crippen LogP contribution in [-0.4, -0.2) is 36.6 Å². The minimum Gasteiger partial charge on any atom is -0.346 e. The SMILES string of the molecule is O=CN(c1cc(-c2ccc(NS(=O)(=O)C(F)F)cc2)c2cc[nH]c2n1)C1CC1. The fraction of sp³-hybridized carbons (Fsp3) is 0.222. The summed E-state index contributed by atoms with van der Waals surface area (Å²) in [5, 5.41) is 0.825. The second kappa shape index (κ2) is 6.86. The van der Waals surface area contributed by atoms with Gasteiger partial charge >= 0.3 is 5.76 Å². The molecule has 0 radical (unpaired) electrons. The number of aromatic amines is 1. The fourth-order valence-electron chi connectivity index (χ4n) is 3.00. The monoisotopic (exact) mass is 406 g/mol. The second-order valence-corrected chi connectivity index (χ2v) is 8.15. The molecule has 0 unspecified atom stereocenters. The van der Waals surface area contributed by atoms with Gasteiger partial charge in [-0.2, -0.15) is 8.78 Å². The summed E-state index contributed by atoms with van der Waals surface area (Å²) in [7, 11) is -4.72. The summed E-state index contributed by atoms with van der Waals surface area (Å²) in [4.78, 5) is 20.6. The van der Waals surface area contributed by atoms with Gasteiger partial charge in [0.1, 0.15) is 11.5 Å². The number of fused-ring (bicyclic) bond motifs is 1. The number of nitrogens with one attached hydrogen (secondary N) is 2. The van der Waals surface area contributed by atoms with Gasteiger partial charge < -0.3 is 4.98 Å². The molecule has 2 heterocycles. The third-order valence-corrected chi connectivity index (χ3v) is 5.51. The van der Waals surface area contributed by atoms with Gasteiger partial charge in [0.05, 0.1) is 0 Å². The first kappa shape index (κ1) is 18.4. The number of hydrogen-bond acceptors (Lipinski definition) is 4. The number of rotatable bonds is 7. The van der Waals surface area contributed by atoms with E-state index in [0.29, 0.717) is 11.5 Å². The first-order chi connectivity index (χ1) is 13.4. The smallest absolute Gasteiger partial charge is 0.346 e. The van der Waals surface area contributed by atoms with E-state index in [4.69, 9.17) is 0 Å². The van der Waals surface area contributed by atoms with Crippen LogP contribution in [0.2, 0.25) is 0 Å². The Morgan fingerprint density at radius 1 is 1.21 bits per heavy atom. The van der Waals surface area contributed by atoms with Crippen molar-refractivity contribution in [1.29, 1.82) is 0 Å². The molecule has 1 fully saturated rings. The molecule has 0 spiro atoms. The molecule has 1 aromatic carbocycles. The van der Waals surface area contributed by atoms with Crippen molar-refractivity contribution in [3.05, 3.63) is 42.6 Å². The van der Waals surface area contributed by atoms with E-state index in [2.05, 4.69) is 9.97 Å². The Morgan fingerprint density at radius 3 is 2.54 bits per heavy atom. The summed E-state index contributed by atoms with van der Waals surface area (Å²) in [6.07, 6.45) is 4.36. The number of pyridine rings is 1. The number of sulfonamides is 1. The Bertz CT molecular complexity index is 1130. The maximum absolute atomic E-state index is 12.5. The number of carbonyl (C=O) groups excluding carboxylic acids is 1. The van der Waals surface area contributed by atoms with Gasteiger partial charge in [-0.05, 0) is 48.2 Å². The van der Waals surface area contributed by atoms with Crippen LogP contribution in [0.15, 0.2) is 42.6 Å². The summed E-state index contributed by atoms with van der Waals surface area (Å²) in [5.41, 5.74) is 2.17. The van der Waals surface area contributed by atoms with Crippen LogP contribution in [0.25, 0.3) is 22.2 Å². The number of nitrogens with zero attached hydrogens (tertiary/aromatic N) is 2. The Kier molecular flexibility index (Phi) is 4.50. The molecule has 0 aliphatic heterocycles. The topological polar surface area (TPSA) is 95.2 Å². The molecule has 1 amide bonds. The molecular weight excluding hydrogens is 390 g/mol. The van der Waals surface area contributed by atoms with Crippen molar-refractivity contribution in [3.63, 3.8) is 0 Å². The van der Waals surface area contributed by atoms with E-state index in [9.17, 15) is 22.0 Å². The third kappa shape index (κ3) is 3.42. The molecule has 0 atom stereocenters. The van der Waals surface area contributed by atoms with E-state index in [1.54, 1.807) is 29.3 Å². The van der Waals surface area contributed by atoms with Crippen LogP contribution in [0.1, 0.15) is 12.8 Å². The van der Waals surface area contributed by atoms with Gasteiger partial charge in [0.15, 0.2) is 0 Å². The molecule has 0 saturated heterocycles. The summed E-state index contributed by atoms with van der Waals surface area (Å²) in [5.74, 6) is -2.99. The predicted octanol–water partition coefficient (Wildman–Crippen LogP) is 3.32. The molecule has 3 aromatic rings. The quantitative estimate of drug-likeness (QED) is 0.589. The first-order valence-electron chi connectivity index (χ1n) is 8.51. The lowest BCUT2D eigenvalue weighted by molar-refractivity contribution is -0.107. The lowest BCUT2D eigenvalue weighted by atomic mass is 10.0. The Hall–Kier alpha value is -3.01. The molecule has 1 saturated carbocycles. The minimum atomic E-state index is -4.72. The molecule has 7 nitrogen and oxygen atoms in total. The van der Waals surface area contributed by atoms with Gasteiger partial charge in [0.25, 0.3) is 10.0 Å². The van der Waals surface area contributed by atoms with E-state index >= 15 is 0 Å². The summed E-state index contributed by atoms with van der Waals surface area (Å²) >= 11 is 0. The van der Waals surface area contributed by atoms with Crippen molar-refractivity contribution in [1.82, 2.24) is 9.97 Å². The van der Waals surface area contributed by atoms with Crippen LogP contribution in [0.3, 0.4) is 0 Å². The number of alkyl halides is 2. The van der Waals surface area contributed by atoms with Crippen LogP contribution in [0.4, 0.5) is 20.3 Å². The van der Waals surface area contributed by atoms with Gasteiger partial charge in [0.2, 0.25) is 6.41 Å².